The van der Waals surface area contributed by atoms with E-state index in [0.29, 0.717) is 18.6 Å². The average molecular weight is 309 g/mol. The molecule has 1 aromatic heterocycles. The number of likely N-dealkylation sites (N-methyl/N-ethyl adjacent to an activating group) is 1. The minimum absolute atomic E-state index is 0.103. The topological polar surface area (TPSA) is 44.4 Å². The van der Waals surface area contributed by atoms with Gasteiger partial charge in [0.1, 0.15) is 0 Å². The highest BCUT2D eigenvalue weighted by Crippen LogP contribution is 2.22. The summed E-state index contributed by atoms with van der Waals surface area (Å²) in [7, 11) is 4.11. The molecule has 0 saturated heterocycles. The molecule has 1 aliphatic rings. The summed E-state index contributed by atoms with van der Waals surface area (Å²) in [4.78, 5) is 15.6. The van der Waals surface area contributed by atoms with E-state index in [0.717, 1.165) is 0 Å². The van der Waals surface area contributed by atoms with Gasteiger partial charge in [0.15, 0.2) is 0 Å². The van der Waals surface area contributed by atoms with Crippen molar-refractivity contribution in [1.82, 2.24) is 15.5 Å². The van der Waals surface area contributed by atoms with Crippen LogP contribution in [-0.2, 0) is 4.79 Å². The molecule has 118 valence electrons. The number of amides is 1. The van der Waals surface area contributed by atoms with Crippen molar-refractivity contribution >= 4 is 17.2 Å². The van der Waals surface area contributed by atoms with E-state index in [1.807, 2.05) is 25.4 Å². The first-order valence-corrected chi connectivity index (χ1v) is 8.68. The lowest BCUT2D eigenvalue weighted by Gasteiger charge is -2.34. The lowest BCUT2D eigenvalue weighted by Crippen LogP contribution is -2.44. The van der Waals surface area contributed by atoms with Crippen LogP contribution < -0.4 is 10.6 Å². The third kappa shape index (κ3) is 4.80. The van der Waals surface area contributed by atoms with Crippen molar-refractivity contribution in [3.63, 3.8) is 0 Å². The molecule has 2 N–H and O–H groups in total. The third-order valence-corrected chi connectivity index (χ3v) is 5.52. The number of hydrogen-bond acceptors (Lipinski definition) is 4. The second-order valence-electron chi connectivity index (χ2n) is 6.01. The largest absolute Gasteiger partial charge is 0.348 e. The standard InChI is InChI=1S/C16H27N3OS/c1-12(15-5-4-10-21-15)18-16(20)11-19(3)14-8-6-13(17-2)7-9-14/h4-5,10,12-14,17H,6-9,11H2,1-3H3,(H,18,20). The van der Waals surface area contributed by atoms with E-state index in [-0.39, 0.29) is 11.9 Å². The van der Waals surface area contributed by atoms with Gasteiger partial charge < -0.3 is 10.6 Å². The Bertz CT molecular complexity index is 427. The maximum absolute atomic E-state index is 12.2. The Labute approximate surface area is 131 Å². The van der Waals surface area contributed by atoms with E-state index in [2.05, 4.69) is 28.6 Å². The second-order valence-corrected chi connectivity index (χ2v) is 6.99. The predicted molar refractivity (Wildman–Crippen MR) is 88.6 cm³/mol. The molecule has 0 aliphatic heterocycles. The normalized spacial score (nSPS) is 24.0. The first-order chi connectivity index (χ1) is 10.1. The van der Waals surface area contributed by atoms with Gasteiger partial charge in [0.05, 0.1) is 12.6 Å². The number of thiophene rings is 1. The Morgan fingerprint density at radius 1 is 1.43 bits per heavy atom. The van der Waals surface area contributed by atoms with Crippen LogP contribution in [-0.4, -0.2) is 43.5 Å². The lowest BCUT2D eigenvalue weighted by atomic mass is 9.90. The van der Waals surface area contributed by atoms with Gasteiger partial charge >= 0.3 is 0 Å². The molecular weight excluding hydrogens is 282 g/mol. The second kappa shape index (κ2) is 7.92. The highest BCUT2D eigenvalue weighted by Gasteiger charge is 2.24. The van der Waals surface area contributed by atoms with Gasteiger partial charge in [0.2, 0.25) is 5.91 Å². The molecule has 4 nitrogen and oxygen atoms in total. The van der Waals surface area contributed by atoms with Gasteiger partial charge in [-0.2, -0.15) is 0 Å². The highest BCUT2D eigenvalue weighted by molar-refractivity contribution is 7.10. The summed E-state index contributed by atoms with van der Waals surface area (Å²) < 4.78 is 0. The van der Waals surface area contributed by atoms with Gasteiger partial charge in [0.25, 0.3) is 0 Å². The van der Waals surface area contributed by atoms with E-state index in [1.54, 1.807) is 11.3 Å². The maximum atomic E-state index is 12.2. The van der Waals surface area contributed by atoms with Crippen molar-refractivity contribution in [2.45, 2.75) is 50.7 Å². The molecule has 1 atom stereocenters. The molecule has 1 saturated carbocycles. The first kappa shape index (κ1) is 16.5. The summed E-state index contributed by atoms with van der Waals surface area (Å²) in [6.07, 6.45) is 4.77. The SMILES string of the molecule is CNC1CCC(N(C)CC(=O)NC(C)c2cccs2)CC1. The van der Waals surface area contributed by atoms with Crippen molar-refractivity contribution in [3.05, 3.63) is 22.4 Å². The molecular formula is C16H27N3OS. The summed E-state index contributed by atoms with van der Waals surface area (Å²) in [6, 6.07) is 5.39. The molecule has 0 spiro atoms. The summed E-state index contributed by atoms with van der Waals surface area (Å²) in [6.45, 7) is 2.53. The zero-order chi connectivity index (χ0) is 15.2. The summed E-state index contributed by atoms with van der Waals surface area (Å²) in [5.41, 5.74) is 0. The predicted octanol–water partition coefficient (Wildman–Crippen LogP) is 2.39. The highest BCUT2D eigenvalue weighted by atomic mass is 32.1. The molecule has 1 unspecified atom stereocenters. The Morgan fingerprint density at radius 3 is 2.71 bits per heavy atom. The van der Waals surface area contributed by atoms with E-state index in [1.165, 1.54) is 30.6 Å². The van der Waals surface area contributed by atoms with Crippen LogP contribution in [0.2, 0.25) is 0 Å². The zero-order valence-electron chi connectivity index (χ0n) is 13.3. The van der Waals surface area contributed by atoms with E-state index < -0.39 is 0 Å². The van der Waals surface area contributed by atoms with Crippen molar-refractivity contribution in [2.24, 2.45) is 0 Å². The molecule has 21 heavy (non-hydrogen) atoms. The minimum atomic E-state index is 0.103. The van der Waals surface area contributed by atoms with Crippen LogP contribution in [0.1, 0.15) is 43.5 Å². The Hall–Kier alpha value is -0.910. The molecule has 0 bridgehead atoms. The smallest absolute Gasteiger partial charge is 0.234 e. The minimum Gasteiger partial charge on any atom is -0.348 e. The van der Waals surface area contributed by atoms with Gasteiger partial charge in [-0.05, 0) is 58.1 Å². The summed E-state index contributed by atoms with van der Waals surface area (Å²) in [5, 5.41) is 8.48. The monoisotopic (exact) mass is 309 g/mol. The Morgan fingerprint density at radius 2 is 2.14 bits per heavy atom. The van der Waals surface area contributed by atoms with Crippen molar-refractivity contribution < 1.29 is 4.79 Å². The first-order valence-electron chi connectivity index (χ1n) is 7.80. The van der Waals surface area contributed by atoms with Crippen molar-refractivity contribution in [3.8, 4) is 0 Å². The fraction of sp³-hybridized carbons (Fsp3) is 0.688. The lowest BCUT2D eigenvalue weighted by molar-refractivity contribution is -0.123. The molecule has 1 amide bonds. The molecule has 1 aliphatic carbocycles. The molecule has 2 rings (SSSR count). The maximum Gasteiger partial charge on any atom is 0.234 e. The van der Waals surface area contributed by atoms with Crippen LogP contribution in [0.15, 0.2) is 17.5 Å². The van der Waals surface area contributed by atoms with Gasteiger partial charge in [-0.15, -0.1) is 11.3 Å². The fourth-order valence-electron chi connectivity index (χ4n) is 3.06. The number of nitrogens with one attached hydrogen (secondary N) is 2. The van der Waals surface area contributed by atoms with Gasteiger partial charge in [-0.1, -0.05) is 6.07 Å². The fourth-order valence-corrected chi connectivity index (χ4v) is 3.79. The van der Waals surface area contributed by atoms with E-state index in [9.17, 15) is 4.79 Å². The van der Waals surface area contributed by atoms with Crippen molar-refractivity contribution in [1.29, 1.82) is 0 Å². The molecule has 0 radical (unpaired) electrons. The number of nitrogens with zero attached hydrogens (tertiary/aromatic N) is 1. The van der Waals surface area contributed by atoms with Gasteiger partial charge in [-0.25, -0.2) is 0 Å². The van der Waals surface area contributed by atoms with Crippen LogP contribution in [0.3, 0.4) is 0 Å². The quantitative estimate of drug-likeness (QED) is 0.848. The van der Waals surface area contributed by atoms with Gasteiger partial charge in [-0.3, -0.25) is 9.69 Å². The van der Waals surface area contributed by atoms with E-state index in [4.69, 9.17) is 0 Å². The molecule has 1 fully saturated rings. The molecule has 0 aromatic carbocycles. The number of carbonyl (C=O) groups is 1. The third-order valence-electron chi connectivity index (χ3n) is 4.47. The Balaban J connectivity index is 1.74. The summed E-state index contributed by atoms with van der Waals surface area (Å²) >= 11 is 1.69. The summed E-state index contributed by atoms with van der Waals surface area (Å²) in [5.74, 6) is 0.120. The molecule has 1 heterocycles. The van der Waals surface area contributed by atoms with Crippen molar-refractivity contribution in [2.75, 3.05) is 20.6 Å². The Kier molecular flexibility index (Phi) is 6.21. The number of carbonyl (C=O) groups excluding carboxylic acids is 1. The number of rotatable bonds is 6. The van der Waals surface area contributed by atoms with Gasteiger partial charge in [0, 0.05) is 17.0 Å². The van der Waals surface area contributed by atoms with Crippen LogP contribution in [0.5, 0.6) is 0 Å². The molecule has 1 aromatic rings. The van der Waals surface area contributed by atoms with E-state index >= 15 is 0 Å². The number of hydrogen-bond donors (Lipinski definition) is 2. The zero-order valence-corrected chi connectivity index (χ0v) is 14.1. The molecule has 5 heteroatoms. The van der Waals surface area contributed by atoms with Crippen LogP contribution in [0, 0.1) is 0 Å². The van der Waals surface area contributed by atoms with Crippen LogP contribution >= 0.6 is 11.3 Å². The van der Waals surface area contributed by atoms with Crippen LogP contribution in [0.4, 0.5) is 0 Å². The average Bonchev–Trinajstić information content (AvgIpc) is 3.01. The van der Waals surface area contributed by atoms with Crippen LogP contribution in [0.25, 0.3) is 0 Å².